The number of carbonyl (C=O) groups excluding carboxylic acids is 2. The van der Waals surface area contributed by atoms with Crippen LogP contribution in [0, 0.1) is 0 Å². The fraction of sp³-hybridized carbons (Fsp3) is 0.222. The van der Waals surface area contributed by atoms with Crippen molar-refractivity contribution in [3.8, 4) is 0 Å². The minimum atomic E-state index is -0.602. The van der Waals surface area contributed by atoms with Crippen LogP contribution in [0.25, 0.3) is 4.96 Å². The highest BCUT2D eigenvalue weighted by Gasteiger charge is 2.26. The van der Waals surface area contributed by atoms with Crippen LogP contribution in [-0.4, -0.2) is 27.8 Å². The summed E-state index contributed by atoms with van der Waals surface area (Å²) in [5.41, 5.74) is 0.825. The molecule has 1 amide bonds. The molecule has 0 aliphatic carbocycles. The number of fused-ring (bicyclic) bond motifs is 1. The number of esters is 1. The fourth-order valence-electron chi connectivity index (χ4n) is 2.98. The van der Waals surface area contributed by atoms with Crippen LogP contribution in [0.5, 0.6) is 0 Å². The number of ether oxygens (including phenoxy) is 1. The first-order chi connectivity index (χ1) is 13.0. The molecule has 138 valence electrons. The predicted octanol–water partition coefficient (Wildman–Crippen LogP) is 2.89. The Hall–Kier alpha value is -2.71. The molecule has 3 heterocycles. The van der Waals surface area contributed by atoms with Gasteiger partial charge in [0.25, 0.3) is 5.56 Å². The summed E-state index contributed by atoms with van der Waals surface area (Å²) in [4.78, 5) is 43.1. The van der Waals surface area contributed by atoms with E-state index in [2.05, 4.69) is 4.98 Å². The minimum Gasteiger partial charge on any atom is -0.456 e. The third kappa shape index (κ3) is 3.45. The molecular weight excluding hydrogens is 390 g/mol. The van der Waals surface area contributed by atoms with Crippen molar-refractivity contribution in [3.05, 3.63) is 62.5 Å². The molecule has 4 rings (SSSR count). The summed E-state index contributed by atoms with van der Waals surface area (Å²) in [5.74, 6) is -0.654. The zero-order valence-corrected chi connectivity index (χ0v) is 15.6. The van der Waals surface area contributed by atoms with E-state index in [4.69, 9.17) is 16.3 Å². The van der Waals surface area contributed by atoms with Crippen molar-refractivity contribution >= 4 is 45.5 Å². The average Bonchev–Trinajstić information content (AvgIpc) is 3.28. The molecule has 0 N–H and O–H groups in total. The lowest BCUT2D eigenvalue weighted by Crippen LogP contribution is -2.26. The molecule has 1 aromatic carbocycles. The van der Waals surface area contributed by atoms with Gasteiger partial charge in [-0.3, -0.25) is 14.0 Å². The zero-order valence-electron chi connectivity index (χ0n) is 14.1. The number of thiazole rings is 1. The Morgan fingerprint density at radius 2 is 2.15 bits per heavy atom. The van der Waals surface area contributed by atoms with E-state index in [9.17, 15) is 14.4 Å². The quantitative estimate of drug-likeness (QED) is 0.626. The normalized spacial score (nSPS) is 14.1. The Morgan fingerprint density at radius 3 is 2.93 bits per heavy atom. The summed E-state index contributed by atoms with van der Waals surface area (Å²) < 4.78 is 6.77. The molecule has 1 aliphatic rings. The van der Waals surface area contributed by atoms with Crippen molar-refractivity contribution in [2.24, 2.45) is 0 Å². The fourth-order valence-corrected chi connectivity index (χ4v) is 3.89. The summed E-state index contributed by atoms with van der Waals surface area (Å²) in [6.45, 7) is 0.394. The first kappa shape index (κ1) is 17.7. The number of amides is 1. The number of anilines is 1. The zero-order chi connectivity index (χ0) is 19.0. The van der Waals surface area contributed by atoms with Gasteiger partial charge in [-0.05, 0) is 24.6 Å². The van der Waals surface area contributed by atoms with Gasteiger partial charge < -0.3 is 9.64 Å². The van der Waals surface area contributed by atoms with E-state index in [0.717, 1.165) is 6.42 Å². The van der Waals surface area contributed by atoms with Crippen molar-refractivity contribution in [2.75, 3.05) is 11.4 Å². The smallest absolute Gasteiger partial charge is 0.340 e. The number of rotatable bonds is 4. The second-order valence-electron chi connectivity index (χ2n) is 6.03. The van der Waals surface area contributed by atoms with E-state index >= 15 is 0 Å². The van der Waals surface area contributed by atoms with Crippen molar-refractivity contribution in [3.63, 3.8) is 0 Å². The highest BCUT2D eigenvalue weighted by atomic mass is 35.5. The van der Waals surface area contributed by atoms with E-state index in [-0.39, 0.29) is 23.6 Å². The van der Waals surface area contributed by atoms with Crippen LogP contribution in [0.3, 0.4) is 0 Å². The molecule has 1 aliphatic heterocycles. The third-order valence-corrected chi connectivity index (χ3v) is 5.24. The number of nitrogens with zero attached hydrogens (tertiary/aromatic N) is 3. The SMILES string of the molecule is O=C(OCc1cc(=O)n2ccsc2n1)c1ccc(Cl)cc1N1CCCC1=O. The van der Waals surface area contributed by atoms with E-state index in [1.807, 2.05) is 0 Å². The summed E-state index contributed by atoms with van der Waals surface area (Å²) in [6, 6.07) is 6.03. The summed E-state index contributed by atoms with van der Waals surface area (Å²) >= 11 is 7.37. The maximum absolute atomic E-state index is 12.6. The van der Waals surface area contributed by atoms with Gasteiger partial charge in [-0.15, -0.1) is 11.3 Å². The van der Waals surface area contributed by atoms with Crippen molar-refractivity contribution < 1.29 is 14.3 Å². The minimum absolute atomic E-state index is 0.0517. The van der Waals surface area contributed by atoms with Crippen LogP contribution < -0.4 is 10.5 Å². The van der Waals surface area contributed by atoms with Gasteiger partial charge in [0.05, 0.1) is 16.9 Å². The van der Waals surface area contributed by atoms with Gasteiger partial charge in [-0.25, -0.2) is 9.78 Å². The van der Waals surface area contributed by atoms with Crippen LogP contribution in [0.4, 0.5) is 5.69 Å². The van der Waals surface area contributed by atoms with E-state index in [0.29, 0.717) is 34.3 Å². The monoisotopic (exact) mass is 403 g/mol. The predicted molar refractivity (Wildman–Crippen MR) is 101 cm³/mol. The second-order valence-corrected chi connectivity index (χ2v) is 7.34. The van der Waals surface area contributed by atoms with Crippen molar-refractivity contribution in [1.29, 1.82) is 0 Å². The van der Waals surface area contributed by atoms with E-state index in [1.54, 1.807) is 28.6 Å². The Bertz CT molecular complexity index is 1110. The molecule has 0 atom stereocenters. The Morgan fingerprint density at radius 1 is 1.30 bits per heavy atom. The first-order valence-electron chi connectivity index (χ1n) is 8.26. The van der Waals surface area contributed by atoms with E-state index < -0.39 is 5.97 Å². The summed E-state index contributed by atoms with van der Waals surface area (Å²) in [7, 11) is 0. The Labute approximate surface area is 162 Å². The molecular formula is C18H14ClN3O4S. The number of benzene rings is 1. The third-order valence-electron chi connectivity index (χ3n) is 4.25. The van der Waals surface area contributed by atoms with Gasteiger partial charge in [0.1, 0.15) is 6.61 Å². The molecule has 7 nitrogen and oxygen atoms in total. The van der Waals surface area contributed by atoms with Gasteiger partial charge in [-0.1, -0.05) is 11.6 Å². The van der Waals surface area contributed by atoms with Gasteiger partial charge in [0.15, 0.2) is 4.96 Å². The van der Waals surface area contributed by atoms with E-state index in [1.165, 1.54) is 27.9 Å². The Balaban J connectivity index is 1.57. The number of aromatic nitrogens is 2. The number of carbonyl (C=O) groups is 2. The lowest BCUT2D eigenvalue weighted by atomic mass is 10.1. The van der Waals surface area contributed by atoms with Crippen molar-refractivity contribution in [1.82, 2.24) is 9.38 Å². The lowest BCUT2D eigenvalue weighted by Gasteiger charge is -2.19. The van der Waals surface area contributed by atoms with Gasteiger partial charge >= 0.3 is 5.97 Å². The molecule has 1 saturated heterocycles. The topological polar surface area (TPSA) is 81.0 Å². The molecule has 1 fully saturated rings. The molecule has 9 heteroatoms. The molecule has 0 saturated carbocycles. The van der Waals surface area contributed by atoms with Crippen LogP contribution in [-0.2, 0) is 16.1 Å². The highest BCUT2D eigenvalue weighted by molar-refractivity contribution is 7.15. The molecule has 27 heavy (non-hydrogen) atoms. The number of hydrogen-bond donors (Lipinski definition) is 0. The largest absolute Gasteiger partial charge is 0.456 e. The van der Waals surface area contributed by atoms with Gasteiger partial charge in [0, 0.05) is 35.6 Å². The van der Waals surface area contributed by atoms with Crippen LogP contribution in [0.2, 0.25) is 5.02 Å². The molecule has 3 aromatic rings. The summed E-state index contributed by atoms with van der Waals surface area (Å²) in [5, 5.41) is 2.19. The molecule has 2 aromatic heterocycles. The van der Waals surface area contributed by atoms with Gasteiger partial charge in [0.2, 0.25) is 5.91 Å². The maximum atomic E-state index is 12.6. The number of halogens is 1. The molecule has 0 spiro atoms. The number of hydrogen-bond acceptors (Lipinski definition) is 6. The average molecular weight is 404 g/mol. The molecule has 0 bridgehead atoms. The molecule has 0 radical (unpaired) electrons. The lowest BCUT2D eigenvalue weighted by molar-refractivity contribution is -0.117. The maximum Gasteiger partial charge on any atom is 0.340 e. The highest BCUT2D eigenvalue weighted by Crippen LogP contribution is 2.29. The molecule has 0 unspecified atom stereocenters. The van der Waals surface area contributed by atoms with Crippen LogP contribution in [0.1, 0.15) is 28.9 Å². The summed E-state index contributed by atoms with van der Waals surface area (Å²) in [6.07, 6.45) is 2.81. The van der Waals surface area contributed by atoms with Gasteiger partial charge in [-0.2, -0.15) is 0 Å². The van der Waals surface area contributed by atoms with Crippen LogP contribution in [0.15, 0.2) is 40.6 Å². The standard InChI is InChI=1S/C18H14ClN3O4S/c19-11-3-4-13(14(8-11)21-5-1-2-15(21)23)17(25)26-10-12-9-16(24)22-6-7-27-18(22)20-12/h3-4,6-9H,1-2,5,10H2. The first-order valence-corrected chi connectivity index (χ1v) is 9.51. The van der Waals surface area contributed by atoms with Crippen LogP contribution >= 0.6 is 22.9 Å². The van der Waals surface area contributed by atoms with Crippen molar-refractivity contribution in [2.45, 2.75) is 19.4 Å². The Kier molecular flexibility index (Phi) is 4.67. The second kappa shape index (κ2) is 7.13.